The van der Waals surface area contributed by atoms with Crippen LogP contribution in [0.15, 0.2) is 36.5 Å². The summed E-state index contributed by atoms with van der Waals surface area (Å²) in [5, 5.41) is 71.9. The Morgan fingerprint density at radius 2 is 0.952 bits per heavy atom. The number of esters is 2. The van der Waals surface area contributed by atoms with E-state index in [9.17, 15) is 45.3 Å². The first-order chi connectivity index (χ1) is 30.5. The zero-order chi connectivity index (χ0) is 46.1. The number of hydrogen-bond acceptors (Lipinski definition) is 15. The standard InChI is InChI=1S/C48H84O15/c1-3-5-7-9-11-13-15-17-18-19-21-23-25-27-29-31-40(51)61-36(33-58-39(50)30-28-26-24-22-20-16-14-12-10-8-6-4-2)34-59-47-46(57)44(55)42(53)38(63-47)35-60-48-45(56)43(54)41(52)37(32-49)62-48/h11,13,17-18,21,23,36-38,41-49,52-57H,3-10,12,14-16,19-20,22,24-35H2,1-2H3/b13-11+,18-17+,23-21+/t36-,37-,38-,41+,42+,43?,44?,45?,46?,47-,48-/m1/s1. The Bertz CT molecular complexity index is 1240. The van der Waals surface area contributed by atoms with Crippen molar-refractivity contribution in [1.82, 2.24) is 0 Å². The van der Waals surface area contributed by atoms with Gasteiger partial charge < -0.3 is 64.2 Å². The minimum atomic E-state index is -1.77. The number of ether oxygens (including phenoxy) is 6. The highest BCUT2D eigenvalue weighted by Gasteiger charge is 2.47. The average molecular weight is 901 g/mol. The van der Waals surface area contributed by atoms with Gasteiger partial charge in [-0.2, -0.15) is 0 Å². The van der Waals surface area contributed by atoms with Crippen LogP contribution in [-0.4, -0.2) is 142 Å². The molecule has 4 unspecified atom stereocenters. The Hall–Kier alpha value is -2.28. The summed E-state index contributed by atoms with van der Waals surface area (Å²) in [6.45, 7) is 2.50. The molecule has 0 bridgehead atoms. The van der Waals surface area contributed by atoms with E-state index in [0.717, 1.165) is 51.4 Å². The average Bonchev–Trinajstić information content (AvgIpc) is 3.28. The van der Waals surface area contributed by atoms with Crippen molar-refractivity contribution in [3.8, 4) is 0 Å². The summed E-state index contributed by atoms with van der Waals surface area (Å²) in [5.41, 5.74) is 0. The zero-order valence-electron chi connectivity index (χ0n) is 38.3. The molecule has 2 heterocycles. The molecule has 2 aliphatic rings. The maximum absolute atomic E-state index is 12.9. The number of rotatable bonds is 36. The van der Waals surface area contributed by atoms with Crippen molar-refractivity contribution < 1.29 is 73.8 Å². The number of aliphatic hydroxyl groups is 7. The Morgan fingerprint density at radius 3 is 1.52 bits per heavy atom. The number of unbranched alkanes of at least 4 members (excludes halogenated alkanes) is 16. The molecule has 11 atom stereocenters. The molecule has 15 nitrogen and oxygen atoms in total. The quantitative estimate of drug-likeness (QED) is 0.0225. The van der Waals surface area contributed by atoms with Crippen molar-refractivity contribution in [2.75, 3.05) is 26.4 Å². The van der Waals surface area contributed by atoms with Gasteiger partial charge in [0.15, 0.2) is 18.7 Å². The number of carbonyl (C=O) groups is 2. The van der Waals surface area contributed by atoms with Gasteiger partial charge in [-0.15, -0.1) is 0 Å². The van der Waals surface area contributed by atoms with Gasteiger partial charge in [0, 0.05) is 12.8 Å². The summed E-state index contributed by atoms with van der Waals surface area (Å²) in [6, 6.07) is 0. The predicted octanol–water partition coefficient (Wildman–Crippen LogP) is 5.76. The van der Waals surface area contributed by atoms with E-state index in [1.807, 2.05) is 0 Å². The molecule has 63 heavy (non-hydrogen) atoms. The lowest BCUT2D eigenvalue weighted by Crippen LogP contribution is -2.61. The van der Waals surface area contributed by atoms with Gasteiger partial charge in [-0.05, 0) is 51.4 Å². The molecule has 0 radical (unpaired) electrons. The summed E-state index contributed by atoms with van der Waals surface area (Å²) in [4.78, 5) is 25.6. The van der Waals surface area contributed by atoms with E-state index in [1.54, 1.807) is 0 Å². The largest absolute Gasteiger partial charge is 0.462 e. The van der Waals surface area contributed by atoms with Gasteiger partial charge in [0.05, 0.1) is 19.8 Å². The third-order valence-electron chi connectivity index (χ3n) is 11.4. The van der Waals surface area contributed by atoms with E-state index in [-0.39, 0.29) is 19.4 Å². The van der Waals surface area contributed by atoms with Crippen LogP contribution < -0.4 is 0 Å². The number of hydrogen-bond donors (Lipinski definition) is 7. The Morgan fingerprint density at radius 1 is 0.508 bits per heavy atom. The Kier molecular flexibility index (Phi) is 32.4. The molecular formula is C48H84O15. The van der Waals surface area contributed by atoms with E-state index in [1.165, 1.54) is 70.6 Å². The lowest BCUT2D eigenvalue weighted by atomic mass is 9.98. The summed E-state index contributed by atoms with van der Waals surface area (Å²) >= 11 is 0. The third-order valence-corrected chi connectivity index (χ3v) is 11.4. The highest BCUT2D eigenvalue weighted by atomic mass is 16.7. The van der Waals surface area contributed by atoms with Gasteiger partial charge in [0.2, 0.25) is 0 Å². The van der Waals surface area contributed by atoms with Crippen LogP contribution in [0, 0.1) is 0 Å². The predicted molar refractivity (Wildman–Crippen MR) is 238 cm³/mol. The van der Waals surface area contributed by atoms with Crippen LogP contribution in [-0.2, 0) is 38.0 Å². The molecule has 2 rings (SSSR count). The van der Waals surface area contributed by atoms with Crippen LogP contribution in [0.5, 0.6) is 0 Å². The molecule has 15 heteroatoms. The molecule has 2 aliphatic heterocycles. The highest BCUT2D eigenvalue weighted by Crippen LogP contribution is 2.26. The summed E-state index contributed by atoms with van der Waals surface area (Å²) in [5.74, 6) is -0.969. The second kappa shape index (κ2) is 35.9. The van der Waals surface area contributed by atoms with Gasteiger partial charge in [-0.25, -0.2) is 0 Å². The minimum Gasteiger partial charge on any atom is -0.462 e. The van der Waals surface area contributed by atoms with E-state index < -0.39 is 99.3 Å². The van der Waals surface area contributed by atoms with Gasteiger partial charge in [-0.1, -0.05) is 134 Å². The maximum atomic E-state index is 12.9. The van der Waals surface area contributed by atoms with Crippen molar-refractivity contribution in [2.24, 2.45) is 0 Å². The van der Waals surface area contributed by atoms with Gasteiger partial charge in [-0.3, -0.25) is 9.59 Å². The SMILES string of the molecule is CCCCC/C=C/C/C=C/C/C=C/CCCCC(=O)O[C@H](COC(=O)CCCCCCCCCCCCCC)CO[C@@H]1O[C@H](CO[C@@H]2O[C@H](CO)[C@H](O)C(O)C2O)[C@H](O)C(O)C1O. The van der Waals surface area contributed by atoms with Gasteiger partial charge in [0.25, 0.3) is 0 Å². The molecule has 0 spiro atoms. The fourth-order valence-corrected chi connectivity index (χ4v) is 7.34. The summed E-state index contributed by atoms with van der Waals surface area (Å²) in [6.07, 6.45) is 19.0. The smallest absolute Gasteiger partial charge is 0.306 e. The topological polar surface area (TPSA) is 231 Å². The monoisotopic (exact) mass is 901 g/mol. The van der Waals surface area contributed by atoms with Crippen LogP contribution >= 0.6 is 0 Å². The molecule has 0 aromatic carbocycles. The first-order valence-electron chi connectivity index (χ1n) is 24.1. The molecule has 0 aromatic heterocycles. The van der Waals surface area contributed by atoms with Gasteiger partial charge >= 0.3 is 11.9 Å². The van der Waals surface area contributed by atoms with Crippen molar-refractivity contribution in [1.29, 1.82) is 0 Å². The van der Waals surface area contributed by atoms with Crippen molar-refractivity contribution in [2.45, 2.75) is 229 Å². The molecule has 2 saturated heterocycles. The molecule has 2 fully saturated rings. The summed E-state index contributed by atoms with van der Waals surface area (Å²) < 4.78 is 33.4. The maximum Gasteiger partial charge on any atom is 0.306 e. The lowest BCUT2D eigenvalue weighted by Gasteiger charge is -2.42. The summed E-state index contributed by atoms with van der Waals surface area (Å²) in [7, 11) is 0. The fraction of sp³-hybridized carbons (Fsp3) is 0.833. The number of aliphatic hydroxyl groups excluding tert-OH is 7. The molecular weight excluding hydrogens is 817 g/mol. The van der Waals surface area contributed by atoms with Gasteiger partial charge in [0.1, 0.15) is 55.4 Å². The molecule has 0 saturated carbocycles. The van der Waals surface area contributed by atoms with Crippen LogP contribution in [0.1, 0.15) is 162 Å². The minimum absolute atomic E-state index is 0.118. The van der Waals surface area contributed by atoms with Crippen molar-refractivity contribution in [3.63, 3.8) is 0 Å². The molecule has 0 aliphatic carbocycles. The second-order valence-electron chi connectivity index (χ2n) is 16.9. The van der Waals surface area contributed by atoms with Crippen LogP contribution in [0.2, 0.25) is 0 Å². The second-order valence-corrected chi connectivity index (χ2v) is 16.9. The Labute approximate surface area is 376 Å². The van der Waals surface area contributed by atoms with Crippen LogP contribution in [0.3, 0.4) is 0 Å². The molecule has 0 amide bonds. The number of carbonyl (C=O) groups excluding carboxylic acids is 2. The highest BCUT2D eigenvalue weighted by molar-refractivity contribution is 5.70. The van der Waals surface area contributed by atoms with E-state index in [2.05, 4.69) is 50.3 Å². The Balaban J connectivity index is 1.86. The third kappa shape index (κ3) is 24.7. The first-order valence-corrected chi connectivity index (χ1v) is 24.1. The van der Waals surface area contributed by atoms with E-state index >= 15 is 0 Å². The number of allylic oxidation sites excluding steroid dienone is 6. The zero-order valence-corrected chi connectivity index (χ0v) is 38.3. The van der Waals surface area contributed by atoms with Crippen LogP contribution in [0.4, 0.5) is 0 Å². The normalized spacial score (nSPS) is 27.1. The first kappa shape index (κ1) is 56.8. The molecule has 0 aromatic rings. The van der Waals surface area contributed by atoms with Crippen molar-refractivity contribution in [3.05, 3.63) is 36.5 Å². The lowest BCUT2D eigenvalue weighted by molar-refractivity contribution is -0.332. The molecule has 366 valence electrons. The molecule has 7 N–H and O–H groups in total. The van der Waals surface area contributed by atoms with Crippen LogP contribution in [0.25, 0.3) is 0 Å². The van der Waals surface area contributed by atoms with E-state index in [4.69, 9.17) is 28.4 Å². The van der Waals surface area contributed by atoms with E-state index in [0.29, 0.717) is 12.8 Å². The van der Waals surface area contributed by atoms with Crippen molar-refractivity contribution >= 4 is 11.9 Å². The fourth-order valence-electron chi connectivity index (χ4n) is 7.34.